The van der Waals surface area contributed by atoms with E-state index < -0.39 is 9.84 Å². The van der Waals surface area contributed by atoms with E-state index in [0.717, 1.165) is 4.88 Å². The standard InChI is InChI=1S/C15H15N5O2S2/c21-24(22)7-3-11(10-24)20-15(13-9-16-4-5-17-13)18-14(19-20)8-12-2-1-6-23-12/h1-2,4-6,9,11H,3,7-8,10H2. The third-order valence-electron chi connectivity index (χ3n) is 3.93. The van der Waals surface area contributed by atoms with Gasteiger partial charge in [-0.1, -0.05) is 6.07 Å². The van der Waals surface area contributed by atoms with Crippen molar-refractivity contribution in [1.29, 1.82) is 0 Å². The molecule has 0 radical (unpaired) electrons. The fraction of sp³-hybridized carbons (Fsp3) is 0.333. The van der Waals surface area contributed by atoms with Gasteiger partial charge in [0, 0.05) is 23.7 Å². The average molecular weight is 361 g/mol. The van der Waals surface area contributed by atoms with E-state index in [-0.39, 0.29) is 17.5 Å². The smallest absolute Gasteiger partial charge is 0.178 e. The van der Waals surface area contributed by atoms with Crippen LogP contribution in [0.25, 0.3) is 11.5 Å². The van der Waals surface area contributed by atoms with Crippen molar-refractivity contribution in [2.24, 2.45) is 0 Å². The van der Waals surface area contributed by atoms with Crippen LogP contribution in [-0.4, -0.2) is 44.7 Å². The highest BCUT2D eigenvalue weighted by atomic mass is 32.2. The van der Waals surface area contributed by atoms with Crippen LogP contribution < -0.4 is 0 Å². The summed E-state index contributed by atoms with van der Waals surface area (Å²) in [5, 5.41) is 6.60. The minimum atomic E-state index is -3.01. The van der Waals surface area contributed by atoms with E-state index in [1.165, 1.54) is 0 Å². The Hall–Kier alpha value is -2.13. The Balaban J connectivity index is 1.74. The molecule has 0 N–H and O–H groups in total. The second-order valence-corrected chi connectivity index (χ2v) is 8.96. The number of nitrogens with zero attached hydrogens (tertiary/aromatic N) is 5. The van der Waals surface area contributed by atoms with Gasteiger partial charge in [0.05, 0.1) is 23.7 Å². The fourth-order valence-electron chi connectivity index (χ4n) is 2.82. The zero-order valence-electron chi connectivity index (χ0n) is 12.7. The van der Waals surface area contributed by atoms with Gasteiger partial charge in [-0.25, -0.2) is 23.1 Å². The lowest BCUT2D eigenvalue weighted by Gasteiger charge is -2.10. The summed E-state index contributed by atoms with van der Waals surface area (Å²) >= 11 is 1.65. The third kappa shape index (κ3) is 3.09. The van der Waals surface area contributed by atoms with Crippen LogP contribution in [0.15, 0.2) is 36.1 Å². The molecule has 1 fully saturated rings. The first-order chi connectivity index (χ1) is 11.6. The number of thiophene rings is 1. The SMILES string of the molecule is O=S1(=O)CCC(n2nc(Cc3cccs3)nc2-c2cnccn2)C1. The predicted molar refractivity (Wildman–Crippen MR) is 90.5 cm³/mol. The van der Waals surface area contributed by atoms with Gasteiger partial charge in [-0.05, 0) is 17.9 Å². The molecule has 1 unspecified atom stereocenters. The van der Waals surface area contributed by atoms with Crippen molar-refractivity contribution in [2.75, 3.05) is 11.5 Å². The van der Waals surface area contributed by atoms with Gasteiger partial charge >= 0.3 is 0 Å². The van der Waals surface area contributed by atoms with Crippen LogP contribution in [0.4, 0.5) is 0 Å². The molecule has 0 spiro atoms. The van der Waals surface area contributed by atoms with Crippen LogP contribution in [0.2, 0.25) is 0 Å². The summed E-state index contributed by atoms with van der Waals surface area (Å²) in [6.07, 6.45) is 5.99. The number of hydrogen-bond donors (Lipinski definition) is 0. The molecule has 1 atom stereocenters. The number of hydrogen-bond acceptors (Lipinski definition) is 7. The van der Waals surface area contributed by atoms with E-state index in [1.54, 1.807) is 34.6 Å². The summed E-state index contributed by atoms with van der Waals surface area (Å²) in [7, 11) is -3.01. The predicted octanol–water partition coefficient (Wildman–Crippen LogP) is 1.75. The molecule has 3 aromatic heterocycles. The first-order valence-corrected chi connectivity index (χ1v) is 10.3. The lowest BCUT2D eigenvalue weighted by molar-refractivity contribution is 0.500. The molecular formula is C15H15N5O2S2. The van der Waals surface area contributed by atoms with Gasteiger partial charge in [-0.15, -0.1) is 11.3 Å². The molecule has 124 valence electrons. The highest BCUT2D eigenvalue weighted by molar-refractivity contribution is 7.91. The monoisotopic (exact) mass is 361 g/mol. The van der Waals surface area contributed by atoms with Crippen LogP contribution in [0.1, 0.15) is 23.2 Å². The van der Waals surface area contributed by atoms with Crippen LogP contribution >= 0.6 is 11.3 Å². The summed E-state index contributed by atoms with van der Waals surface area (Å²) in [6.45, 7) is 0. The molecule has 0 bridgehead atoms. The Morgan fingerprint density at radius 1 is 1.33 bits per heavy atom. The molecule has 0 saturated carbocycles. The Kier molecular flexibility index (Phi) is 3.89. The van der Waals surface area contributed by atoms with Gasteiger partial charge in [-0.3, -0.25) is 4.98 Å². The number of rotatable bonds is 4. The maximum Gasteiger partial charge on any atom is 0.178 e. The molecule has 4 rings (SSSR count). The van der Waals surface area contributed by atoms with Crippen molar-refractivity contribution in [2.45, 2.75) is 18.9 Å². The van der Waals surface area contributed by atoms with Crippen LogP contribution in [0, 0.1) is 0 Å². The van der Waals surface area contributed by atoms with Crippen molar-refractivity contribution in [3.05, 3.63) is 46.8 Å². The largest absolute Gasteiger partial charge is 0.261 e. The molecule has 7 nitrogen and oxygen atoms in total. The van der Waals surface area contributed by atoms with Crippen molar-refractivity contribution >= 4 is 21.2 Å². The van der Waals surface area contributed by atoms with Crippen LogP contribution in [0.3, 0.4) is 0 Å². The normalized spacial score (nSPS) is 19.6. The van der Waals surface area contributed by atoms with Gasteiger partial charge in [0.15, 0.2) is 21.5 Å². The third-order valence-corrected chi connectivity index (χ3v) is 6.56. The Bertz CT molecular complexity index is 936. The molecule has 4 heterocycles. The summed E-state index contributed by atoms with van der Waals surface area (Å²) in [5.74, 6) is 1.54. The second kappa shape index (κ2) is 6.06. The van der Waals surface area contributed by atoms with Crippen LogP contribution in [0.5, 0.6) is 0 Å². The lowest BCUT2D eigenvalue weighted by atomic mass is 10.2. The summed E-state index contributed by atoms with van der Waals surface area (Å²) in [4.78, 5) is 14.2. The summed E-state index contributed by atoms with van der Waals surface area (Å²) in [5.41, 5.74) is 0.603. The summed E-state index contributed by atoms with van der Waals surface area (Å²) in [6, 6.07) is 3.83. The molecule has 0 amide bonds. The van der Waals surface area contributed by atoms with E-state index in [4.69, 9.17) is 0 Å². The molecule has 1 aliphatic rings. The maximum absolute atomic E-state index is 11.8. The molecule has 3 aromatic rings. The first-order valence-electron chi connectivity index (χ1n) is 7.55. The molecule has 0 aliphatic carbocycles. The minimum Gasteiger partial charge on any atom is -0.261 e. The maximum atomic E-state index is 11.8. The first kappa shape index (κ1) is 15.4. The van der Waals surface area contributed by atoms with Gasteiger partial charge in [0.25, 0.3) is 0 Å². The van der Waals surface area contributed by atoms with Gasteiger partial charge < -0.3 is 0 Å². The molecule has 1 saturated heterocycles. The van der Waals surface area contributed by atoms with E-state index in [0.29, 0.717) is 30.2 Å². The highest BCUT2D eigenvalue weighted by Crippen LogP contribution is 2.28. The van der Waals surface area contributed by atoms with Crippen molar-refractivity contribution in [1.82, 2.24) is 24.7 Å². The van der Waals surface area contributed by atoms with Crippen molar-refractivity contribution in [3.8, 4) is 11.5 Å². The van der Waals surface area contributed by atoms with E-state index in [1.807, 2.05) is 17.5 Å². The zero-order valence-corrected chi connectivity index (χ0v) is 14.4. The number of aromatic nitrogens is 5. The van der Waals surface area contributed by atoms with Crippen molar-refractivity contribution in [3.63, 3.8) is 0 Å². The lowest BCUT2D eigenvalue weighted by Crippen LogP contribution is -2.14. The summed E-state index contributed by atoms with van der Waals surface area (Å²) < 4.78 is 25.4. The Morgan fingerprint density at radius 2 is 2.25 bits per heavy atom. The van der Waals surface area contributed by atoms with Crippen LogP contribution in [-0.2, 0) is 16.3 Å². The highest BCUT2D eigenvalue weighted by Gasteiger charge is 2.32. The Labute approximate surface area is 143 Å². The van der Waals surface area contributed by atoms with E-state index >= 15 is 0 Å². The quantitative estimate of drug-likeness (QED) is 0.703. The molecule has 1 aliphatic heterocycles. The Morgan fingerprint density at radius 3 is 2.92 bits per heavy atom. The molecule has 24 heavy (non-hydrogen) atoms. The van der Waals surface area contributed by atoms with E-state index in [9.17, 15) is 8.42 Å². The van der Waals surface area contributed by atoms with Gasteiger partial charge in [0.1, 0.15) is 5.69 Å². The molecule has 0 aromatic carbocycles. The fourth-order valence-corrected chi connectivity index (χ4v) is 5.22. The second-order valence-electron chi connectivity index (χ2n) is 5.70. The number of sulfone groups is 1. The molecule has 9 heteroatoms. The topological polar surface area (TPSA) is 90.6 Å². The van der Waals surface area contributed by atoms with Gasteiger partial charge in [0.2, 0.25) is 0 Å². The minimum absolute atomic E-state index is 0.0993. The molecular weight excluding hydrogens is 346 g/mol. The van der Waals surface area contributed by atoms with Gasteiger partial charge in [-0.2, -0.15) is 5.10 Å². The van der Waals surface area contributed by atoms with Crippen molar-refractivity contribution < 1.29 is 8.42 Å². The zero-order chi connectivity index (χ0) is 16.6. The van der Waals surface area contributed by atoms with E-state index in [2.05, 4.69) is 20.1 Å². The average Bonchev–Trinajstić information content (AvgIpc) is 3.29.